The van der Waals surface area contributed by atoms with E-state index in [1.165, 1.54) is 0 Å². The van der Waals surface area contributed by atoms with Crippen LogP contribution in [0.4, 0.5) is 0 Å². The fourth-order valence-corrected chi connectivity index (χ4v) is 3.78. The highest BCUT2D eigenvalue weighted by Gasteiger charge is 2.40. The highest BCUT2D eigenvalue weighted by Crippen LogP contribution is 2.33. The zero-order valence-electron chi connectivity index (χ0n) is 16.8. The lowest BCUT2D eigenvalue weighted by Gasteiger charge is -2.19. The Balaban J connectivity index is 1.77. The van der Waals surface area contributed by atoms with E-state index in [-0.39, 0.29) is 29.0 Å². The van der Waals surface area contributed by atoms with Gasteiger partial charge in [-0.15, -0.1) is 10.2 Å². The van der Waals surface area contributed by atoms with Gasteiger partial charge in [0.25, 0.3) is 5.91 Å². The summed E-state index contributed by atoms with van der Waals surface area (Å²) in [4.78, 5) is 35.5. The number of ether oxygens (including phenoxy) is 1. The van der Waals surface area contributed by atoms with Crippen LogP contribution in [0.2, 0.25) is 0 Å². The van der Waals surface area contributed by atoms with Crippen LogP contribution >= 0.6 is 11.8 Å². The van der Waals surface area contributed by atoms with E-state index in [4.69, 9.17) is 9.84 Å². The fourth-order valence-electron chi connectivity index (χ4n) is 2.87. The van der Waals surface area contributed by atoms with Crippen molar-refractivity contribution in [1.29, 1.82) is 0 Å². The molecule has 0 aliphatic carbocycles. The van der Waals surface area contributed by atoms with Gasteiger partial charge in [0.05, 0.1) is 6.42 Å². The molecule has 158 valence electrons. The number of carboxylic acid groups (broad SMARTS) is 1. The largest absolute Gasteiger partial charge is 0.481 e. The Bertz CT molecular complexity index is 969. The summed E-state index contributed by atoms with van der Waals surface area (Å²) >= 11 is 0.978. The summed E-state index contributed by atoms with van der Waals surface area (Å²) in [7, 11) is 0. The van der Waals surface area contributed by atoms with E-state index < -0.39 is 22.7 Å². The summed E-state index contributed by atoms with van der Waals surface area (Å²) in [5, 5.41) is 21.6. The Labute approximate surface area is 177 Å². The predicted octanol–water partition coefficient (Wildman–Crippen LogP) is 1.80. The first kappa shape index (κ1) is 21.6. The lowest BCUT2D eigenvalue weighted by molar-refractivity contribution is -0.138. The topological polar surface area (TPSA) is 129 Å². The van der Waals surface area contributed by atoms with Crippen LogP contribution in [0.15, 0.2) is 51.7 Å². The molecule has 10 heteroatoms. The number of carboxylic acids is 1. The molecule has 0 bridgehead atoms. The van der Waals surface area contributed by atoms with Gasteiger partial charge in [-0.2, -0.15) is 0 Å². The van der Waals surface area contributed by atoms with Crippen molar-refractivity contribution in [3.63, 3.8) is 0 Å². The molecule has 3 rings (SSSR count). The van der Waals surface area contributed by atoms with Gasteiger partial charge in [0.15, 0.2) is 5.17 Å². The van der Waals surface area contributed by atoms with Crippen molar-refractivity contribution in [3.8, 4) is 0 Å². The number of rotatable bonds is 6. The van der Waals surface area contributed by atoms with Gasteiger partial charge in [-0.1, -0.05) is 42.1 Å². The number of amidine groups is 1. The number of hydrogen-bond acceptors (Lipinski definition) is 7. The van der Waals surface area contributed by atoms with E-state index >= 15 is 0 Å². The van der Waals surface area contributed by atoms with Crippen LogP contribution in [0.5, 0.6) is 0 Å². The van der Waals surface area contributed by atoms with Crippen molar-refractivity contribution in [2.75, 3.05) is 0 Å². The lowest BCUT2D eigenvalue weighted by atomic mass is 9.97. The summed E-state index contributed by atoms with van der Waals surface area (Å²) < 4.78 is 5.82. The molecule has 1 aromatic carbocycles. The third-order valence-corrected chi connectivity index (χ3v) is 5.81. The van der Waals surface area contributed by atoms with E-state index in [0.29, 0.717) is 12.1 Å². The van der Waals surface area contributed by atoms with Crippen LogP contribution in [0, 0.1) is 0 Å². The minimum atomic E-state index is -1.08. The van der Waals surface area contributed by atoms with Crippen molar-refractivity contribution in [2.24, 2.45) is 10.2 Å². The molecule has 2 heterocycles. The van der Waals surface area contributed by atoms with Crippen LogP contribution in [-0.2, 0) is 25.7 Å². The molecule has 1 atom stereocenters. The molecule has 0 spiro atoms. The SMILES string of the molecule is CC1=C(C(=O)NCc2ccccc2)C(=NN=C2NC(=O)C(CC(=O)O)S2)OC1(C)C. The maximum atomic E-state index is 12.8. The smallest absolute Gasteiger partial charge is 0.305 e. The monoisotopic (exact) mass is 430 g/mol. The lowest BCUT2D eigenvalue weighted by Crippen LogP contribution is -2.27. The molecule has 1 saturated heterocycles. The molecule has 30 heavy (non-hydrogen) atoms. The third kappa shape index (κ3) is 4.88. The van der Waals surface area contributed by atoms with Gasteiger partial charge in [0.2, 0.25) is 11.8 Å². The summed E-state index contributed by atoms with van der Waals surface area (Å²) in [6, 6.07) is 9.50. The molecule has 0 radical (unpaired) electrons. The predicted molar refractivity (Wildman–Crippen MR) is 113 cm³/mol. The maximum absolute atomic E-state index is 12.8. The molecule has 1 fully saturated rings. The summed E-state index contributed by atoms with van der Waals surface area (Å²) in [6.07, 6.45) is -0.318. The minimum absolute atomic E-state index is 0.0482. The molecule has 0 saturated carbocycles. The maximum Gasteiger partial charge on any atom is 0.305 e. The number of thioether (sulfide) groups is 1. The first-order chi connectivity index (χ1) is 14.2. The number of carbonyl (C=O) groups excluding carboxylic acids is 2. The first-order valence-electron chi connectivity index (χ1n) is 9.25. The van der Waals surface area contributed by atoms with Crippen LogP contribution in [0.1, 0.15) is 32.8 Å². The second-order valence-electron chi connectivity index (χ2n) is 7.28. The fraction of sp³-hybridized carbons (Fsp3) is 0.350. The van der Waals surface area contributed by atoms with Gasteiger partial charge in [-0.05, 0) is 31.9 Å². The zero-order chi connectivity index (χ0) is 21.9. The Morgan fingerprint density at radius 2 is 1.97 bits per heavy atom. The minimum Gasteiger partial charge on any atom is -0.481 e. The normalized spacial score (nSPS) is 22.9. The van der Waals surface area contributed by atoms with Crippen molar-refractivity contribution >= 4 is 40.6 Å². The van der Waals surface area contributed by atoms with Gasteiger partial charge in [-0.25, -0.2) is 0 Å². The number of aliphatic carboxylic acids is 1. The molecule has 1 unspecified atom stereocenters. The molecule has 2 aliphatic rings. The Morgan fingerprint density at radius 1 is 1.27 bits per heavy atom. The molecule has 0 aromatic heterocycles. The van der Waals surface area contributed by atoms with E-state index in [1.54, 1.807) is 6.92 Å². The van der Waals surface area contributed by atoms with Gasteiger partial charge in [0.1, 0.15) is 16.4 Å². The molecular formula is C20H22N4O5S. The summed E-state index contributed by atoms with van der Waals surface area (Å²) in [6.45, 7) is 5.78. The summed E-state index contributed by atoms with van der Waals surface area (Å²) in [5.41, 5.74) is 1.21. The van der Waals surface area contributed by atoms with E-state index in [1.807, 2.05) is 44.2 Å². The van der Waals surface area contributed by atoms with Gasteiger partial charge < -0.3 is 20.5 Å². The number of amides is 2. The quantitative estimate of drug-likeness (QED) is 0.590. The average Bonchev–Trinajstić information content (AvgIpc) is 3.14. The Kier molecular flexibility index (Phi) is 6.25. The molecule has 2 amide bonds. The van der Waals surface area contributed by atoms with Gasteiger partial charge in [-0.3, -0.25) is 14.4 Å². The molecule has 3 N–H and O–H groups in total. The standard InChI is InChI=1S/C20H22N4O5S/c1-11-15(17(28)21-10-12-7-5-4-6-8-12)18(29-20(11,2)3)23-24-19-22-16(27)13(30-19)9-14(25)26/h4-8,13H,9-10H2,1-3H3,(H,21,28)(H,25,26)(H,22,24,27). The number of nitrogens with zero attached hydrogens (tertiary/aromatic N) is 2. The Hall–Kier alpha value is -3.14. The number of nitrogens with one attached hydrogen (secondary N) is 2. The van der Waals surface area contributed by atoms with Crippen LogP contribution in [0.25, 0.3) is 0 Å². The van der Waals surface area contributed by atoms with Crippen LogP contribution in [-0.4, -0.2) is 44.8 Å². The first-order valence-corrected chi connectivity index (χ1v) is 10.1. The summed E-state index contributed by atoms with van der Waals surface area (Å²) in [5.74, 6) is -1.81. The van der Waals surface area contributed by atoms with Crippen molar-refractivity contribution in [3.05, 3.63) is 47.0 Å². The number of carbonyl (C=O) groups is 3. The van der Waals surface area contributed by atoms with E-state index in [0.717, 1.165) is 17.3 Å². The van der Waals surface area contributed by atoms with Gasteiger partial charge >= 0.3 is 5.97 Å². The van der Waals surface area contributed by atoms with Crippen LogP contribution in [0.3, 0.4) is 0 Å². The second-order valence-corrected chi connectivity index (χ2v) is 8.48. The molecule has 1 aromatic rings. The molecular weight excluding hydrogens is 408 g/mol. The van der Waals surface area contributed by atoms with E-state index in [9.17, 15) is 14.4 Å². The molecule has 2 aliphatic heterocycles. The Morgan fingerprint density at radius 3 is 2.63 bits per heavy atom. The second kappa shape index (κ2) is 8.70. The van der Waals surface area contributed by atoms with Crippen LogP contribution < -0.4 is 10.6 Å². The number of hydrogen-bond donors (Lipinski definition) is 3. The van der Waals surface area contributed by atoms with E-state index in [2.05, 4.69) is 20.8 Å². The molecule has 9 nitrogen and oxygen atoms in total. The highest BCUT2D eigenvalue weighted by molar-refractivity contribution is 8.15. The van der Waals surface area contributed by atoms with Crippen molar-refractivity contribution in [2.45, 2.75) is 44.6 Å². The average molecular weight is 430 g/mol. The zero-order valence-corrected chi connectivity index (χ0v) is 17.6. The van der Waals surface area contributed by atoms with Gasteiger partial charge in [0, 0.05) is 6.54 Å². The van der Waals surface area contributed by atoms with Crippen molar-refractivity contribution < 1.29 is 24.2 Å². The highest BCUT2D eigenvalue weighted by atomic mass is 32.2. The third-order valence-electron chi connectivity index (χ3n) is 4.73. The number of benzene rings is 1. The van der Waals surface area contributed by atoms with Crippen molar-refractivity contribution in [1.82, 2.24) is 10.6 Å².